The van der Waals surface area contributed by atoms with Crippen LogP contribution in [0, 0.1) is 11.7 Å². The topological polar surface area (TPSA) is 124 Å². The van der Waals surface area contributed by atoms with Crippen LogP contribution < -0.4 is 25.4 Å². The third-order valence-electron chi connectivity index (χ3n) is 10.3. The summed E-state index contributed by atoms with van der Waals surface area (Å²) in [7, 11) is 0. The quantitative estimate of drug-likeness (QED) is 0.244. The molecule has 5 heterocycles. The first-order chi connectivity index (χ1) is 23.9. The fraction of sp³-hybridized carbons (Fsp3) is 0.472. The number of thioether (sulfide) groups is 1. The number of carbonyl (C=O) groups excluding carboxylic acids is 2. The molecule has 0 bridgehead atoms. The number of nitrogens with one attached hydrogen (secondary N) is 2. The number of piperidine rings is 2. The van der Waals surface area contributed by atoms with E-state index in [0.717, 1.165) is 86.9 Å². The number of hydrogen-bond donors (Lipinski definition) is 2. The van der Waals surface area contributed by atoms with Crippen LogP contribution in [0.5, 0.6) is 5.75 Å². The SMILES string of the molecule is O=C1CCN(c2cncc3c(N4CCC(N5CCC(SCc6nc7cc(OCC8CC8)cc(F)c7c(=O)[nH]6)CC5)CC4)cccc23)C(=O)N1. The van der Waals surface area contributed by atoms with Gasteiger partial charge in [-0.2, -0.15) is 11.8 Å². The van der Waals surface area contributed by atoms with Crippen molar-refractivity contribution in [1.29, 1.82) is 0 Å². The summed E-state index contributed by atoms with van der Waals surface area (Å²) in [5, 5.41) is 4.84. The number of urea groups is 1. The van der Waals surface area contributed by atoms with Crippen LogP contribution in [0.3, 0.4) is 0 Å². The van der Waals surface area contributed by atoms with Crippen molar-refractivity contribution in [3.63, 3.8) is 0 Å². The molecule has 4 fully saturated rings. The molecule has 11 nitrogen and oxygen atoms in total. The van der Waals surface area contributed by atoms with Crippen LogP contribution in [-0.4, -0.2) is 82.4 Å². The zero-order chi connectivity index (χ0) is 33.5. The highest BCUT2D eigenvalue weighted by Gasteiger charge is 2.30. The van der Waals surface area contributed by atoms with Gasteiger partial charge in [0, 0.05) is 72.1 Å². The monoisotopic (exact) mass is 685 g/mol. The first-order valence-electron chi connectivity index (χ1n) is 17.3. The van der Waals surface area contributed by atoms with E-state index in [9.17, 15) is 18.8 Å². The summed E-state index contributed by atoms with van der Waals surface area (Å²) in [6.07, 6.45) is 10.4. The third kappa shape index (κ3) is 6.83. The van der Waals surface area contributed by atoms with E-state index in [2.05, 4.69) is 36.1 Å². The zero-order valence-corrected chi connectivity index (χ0v) is 28.1. The number of H-pyrrole nitrogens is 1. The molecular formula is C36H40FN7O4S. The maximum absolute atomic E-state index is 14.7. The van der Waals surface area contributed by atoms with Gasteiger partial charge in [0.15, 0.2) is 0 Å². The Bertz CT molecular complexity index is 1950. The molecule has 0 radical (unpaired) electrons. The van der Waals surface area contributed by atoms with Crippen molar-refractivity contribution in [2.24, 2.45) is 5.92 Å². The maximum Gasteiger partial charge on any atom is 0.328 e. The Morgan fingerprint density at radius 3 is 2.51 bits per heavy atom. The molecule has 4 aliphatic rings. The van der Waals surface area contributed by atoms with Crippen LogP contribution >= 0.6 is 11.8 Å². The summed E-state index contributed by atoms with van der Waals surface area (Å²) < 4.78 is 20.5. The largest absolute Gasteiger partial charge is 0.493 e. The van der Waals surface area contributed by atoms with Crippen LogP contribution in [0.2, 0.25) is 0 Å². The molecule has 3 aliphatic heterocycles. The van der Waals surface area contributed by atoms with Gasteiger partial charge in [0.25, 0.3) is 5.56 Å². The summed E-state index contributed by atoms with van der Waals surface area (Å²) >= 11 is 1.81. The van der Waals surface area contributed by atoms with E-state index >= 15 is 0 Å². The number of benzene rings is 2. The Kier molecular flexibility index (Phi) is 8.87. The lowest BCUT2D eigenvalue weighted by Crippen LogP contribution is -2.49. The van der Waals surface area contributed by atoms with Crippen LogP contribution in [0.15, 0.2) is 47.5 Å². The minimum Gasteiger partial charge on any atom is -0.493 e. The van der Waals surface area contributed by atoms with Gasteiger partial charge in [0.05, 0.1) is 29.8 Å². The minimum absolute atomic E-state index is 0.0148. The molecule has 3 amide bonds. The molecule has 49 heavy (non-hydrogen) atoms. The highest BCUT2D eigenvalue weighted by atomic mass is 32.2. The normalized spacial score (nSPS) is 19.9. The fourth-order valence-electron chi connectivity index (χ4n) is 7.42. The number of aromatic amines is 1. The second kappa shape index (κ2) is 13.6. The molecule has 13 heteroatoms. The van der Waals surface area contributed by atoms with Crippen molar-refractivity contribution in [3.05, 3.63) is 64.7 Å². The first kappa shape index (κ1) is 32.0. The summed E-state index contributed by atoms with van der Waals surface area (Å²) in [5.74, 6) is 1.27. The molecule has 4 aromatic rings. The van der Waals surface area contributed by atoms with Gasteiger partial charge >= 0.3 is 6.03 Å². The number of likely N-dealkylation sites (tertiary alicyclic amines) is 1. The Balaban J connectivity index is 0.852. The van der Waals surface area contributed by atoms with Gasteiger partial charge in [-0.3, -0.25) is 24.8 Å². The van der Waals surface area contributed by atoms with Gasteiger partial charge in [-0.15, -0.1) is 0 Å². The zero-order valence-electron chi connectivity index (χ0n) is 27.3. The second-order valence-electron chi connectivity index (χ2n) is 13.6. The smallest absolute Gasteiger partial charge is 0.328 e. The number of imide groups is 1. The van der Waals surface area contributed by atoms with E-state index in [-0.39, 0.29) is 17.7 Å². The van der Waals surface area contributed by atoms with E-state index in [4.69, 9.17) is 4.74 Å². The van der Waals surface area contributed by atoms with Gasteiger partial charge in [-0.1, -0.05) is 12.1 Å². The van der Waals surface area contributed by atoms with Gasteiger partial charge in [-0.25, -0.2) is 14.2 Å². The molecule has 2 aromatic heterocycles. The average Bonchev–Trinajstić information content (AvgIpc) is 3.94. The Hall–Kier alpha value is -4.23. The molecule has 1 aliphatic carbocycles. The average molecular weight is 686 g/mol. The van der Waals surface area contributed by atoms with Crippen molar-refractivity contribution < 1.29 is 18.7 Å². The molecule has 3 saturated heterocycles. The number of fused-ring (bicyclic) bond motifs is 2. The standard InChI is InChI=1S/C36H40FN7O4S/c37-28-16-24(48-20-22-4-5-22)17-29-34(28)35(46)40-32(39-29)21-49-25-8-13-42(14-9-25)23-6-11-43(12-7-23)30-3-1-2-26-27(30)18-38-19-31(26)44-15-10-33(45)41-36(44)47/h1-3,16-19,22-23,25H,4-15,20-21H2,(H,39,40,46)(H,41,45,47). The number of rotatable bonds is 9. The maximum atomic E-state index is 14.7. The molecule has 2 aromatic carbocycles. The fourth-order valence-corrected chi connectivity index (χ4v) is 8.50. The summed E-state index contributed by atoms with van der Waals surface area (Å²) in [6, 6.07) is 9.28. The minimum atomic E-state index is -0.597. The van der Waals surface area contributed by atoms with Crippen LogP contribution in [0.1, 0.15) is 50.8 Å². The van der Waals surface area contributed by atoms with Crippen molar-refractivity contribution in [3.8, 4) is 5.75 Å². The molecule has 0 atom stereocenters. The number of nitrogens with zero attached hydrogens (tertiary/aromatic N) is 5. The van der Waals surface area contributed by atoms with E-state index in [0.29, 0.717) is 53.2 Å². The Morgan fingerprint density at radius 1 is 0.918 bits per heavy atom. The Labute approximate surface area is 287 Å². The number of aromatic nitrogens is 3. The molecule has 0 unspecified atom stereocenters. The second-order valence-corrected chi connectivity index (χ2v) is 14.9. The third-order valence-corrected chi connectivity index (χ3v) is 11.7. The van der Waals surface area contributed by atoms with Crippen molar-refractivity contribution >= 4 is 56.8 Å². The van der Waals surface area contributed by atoms with E-state index < -0.39 is 17.4 Å². The van der Waals surface area contributed by atoms with Gasteiger partial charge < -0.3 is 19.5 Å². The number of amides is 3. The summed E-state index contributed by atoms with van der Waals surface area (Å²) in [6.45, 7) is 4.88. The van der Waals surface area contributed by atoms with Crippen molar-refractivity contribution in [2.45, 2.75) is 62.0 Å². The molecule has 1 saturated carbocycles. The number of pyridine rings is 1. The van der Waals surface area contributed by atoms with Crippen molar-refractivity contribution in [2.75, 3.05) is 49.1 Å². The number of hydrogen-bond acceptors (Lipinski definition) is 9. The lowest BCUT2D eigenvalue weighted by Gasteiger charge is -2.42. The molecule has 8 rings (SSSR count). The number of ether oxygens (including phenoxy) is 1. The van der Waals surface area contributed by atoms with E-state index in [1.165, 1.54) is 6.07 Å². The molecule has 0 spiro atoms. The molecule has 256 valence electrons. The number of carbonyl (C=O) groups is 2. The van der Waals surface area contributed by atoms with Gasteiger partial charge in [0.1, 0.15) is 22.8 Å². The van der Waals surface area contributed by atoms with E-state index in [1.807, 2.05) is 30.1 Å². The highest BCUT2D eigenvalue weighted by molar-refractivity contribution is 7.99. The van der Waals surface area contributed by atoms with Crippen LogP contribution in [-0.2, 0) is 10.5 Å². The summed E-state index contributed by atoms with van der Waals surface area (Å²) in [5.41, 5.74) is 1.75. The predicted octanol–water partition coefficient (Wildman–Crippen LogP) is 5.21. The summed E-state index contributed by atoms with van der Waals surface area (Å²) in [4.78, 5) is 55.6. The lowest BCUT2D eigenvalue weighted by molar-refractivity contribution is -0.120. The number of halogens is 1. The van der Waals surface area contributed by atoms with Crippen LogP contribution in [0.4, 0.5) is 20.6 Å². The first-order valence-corrected chi connectivity index (χ1v) is 18.4. The molecule has 2 N–H and O–H groups in total. The molecular weight excluding hydrogens is 646 g/mol. The van der Waals surface area contributed by atoms with Crippen LogP contribution in [0.25, 0.3) is 21.7 Å². The lowest BCUT2D eigenvalue weighted by atomic mass is 9.98. The van der Waals surface area contributed by atoms with Gasteiger partial charge in [0.2, 0.25) is 5.91 Å². The Morgan fingerprint density at radius 2 is 1.73 bits per heavy atom. The number of anilines is 2. The van der Waals surface area contributed by atoms with Gasteiger partial charge in [-0.05, 0) is 63.6 Å². The predicted molar refractivity (Wildman–Crippen MR) is 189 cm³/mol. The highest BCUT2D eigenvalue weighted by Crippen LogP contribution is 2.36. The van der Waals surface area contributed by atoms with Crippen molar-refractivity contribution in [1.82, 2.24) is 25.2 Å². The van der Waals surface area contributed by atoms with E-state index in [1.54, 1.807) is 17.2 Å².